The third kappa shape index (κ3) is 4.54. The van der Waals surface area contributed by atoms with Crippen molar-refractivity contribution in [1.29, 1.82) is 0 Å². The molecule has 0 spiro atoms. The minimum Gasteiger partial charge on any atom is -1.00 e. The molecule has 2 aromatic rings. The molecule has 3 aliphatic heterocycles. The monoisotopic (exact) mass is 575 g/mol. The Morgan fingerprint density at radius 2 is 2.06 bits per heavy atom. The van der Waals surface area contributed by atoms with Gasteiger partial charge in [-0.3, -0.25) is 4.79 Å². The molecule has 3 unspecified atom stereocenters. The molecule has 0 aromatic carbocycles. The molecule has 4 fully saturated rings. The predicted octanol–water partition coefficient (Wildman–Crippen LogP) is -0.258. The number of rotatable bonds is 7. The molecule has 3 N–H and O–H groups in total. The van der Waals surface area contributed by atoms with Gasteiger partial charge >= 0.3 is 5.97 Å². The number of fused-ring (bicyclic) bond motifs is 3. The van der Waals surface area contributed by atoms with Gasteiger partial charge in [-0.15, -0.1) is 0 Å². The maximum Gasteiger partial charge on any atom is 0.343 e. The van der Waals surface area contributed by atoms with Crippen LogP contribution in [-0.4, -0.2) is 58.3 Å². The number of hydrogen-bond donors (Lipinski definition) is 2. The number of primary amides is 1. The molecule has 4 aliphatic rings. The summed E-state index contributed by atoms with van der Waals surface area (Å²) in [6.07, 6.45) is 1.31. The number of hydrogen-bond acceptors (Lipinski definition) is 7. The number of aliphatic hydroxyl groups is 1. The zero-order valence-corrected chi connectivity index (χ0v) is 21.3. The SMILES string of the molecule is NC(=O)C(c1ccon1)[N+]12CCC(CC1)[C@@H](OC(=O)C(O)(c1ccsc1)C1CCC(F)(F)C1)C2.[Br-]. The number of nitrogens with zero attached hydrogens (tertiary/aromatic N) is 2. The first kappa shape index (κ1) is 26.2. The summed E-state index contributed by atoms with van der Waals surface area (Å²) in [6.45, 7) is 1.67. The molecule has 1 amide bonds. The molecule has 1 aliphatic carbocycles. The van der Waals surface area contributed by atoms with Crippen molar-refractivity contribution in [3.05, 3.63) is 40.4 Å². The minimum atomic E-state index is -2.92. The van der Waals surface area contributed by atoms with Crippen molar-refractivity contribution in [2.45, 2.75) is 55.8 Å². The van der Waals surface area contributed by atoms with Crippen LogP contribution in [0.1, 0.15) is 49.4 Å². The molecule has 8 nitrogen and oxygen atoms in total. The number of halogens is 3. The van der Waals surface area contributed by atoms with E-state index < -0.39 is 47.9 Å². The molecule has 35 heavy (non-hydrogen) atoms. The Morgan fingerprint density at radius 3 is 2.60 bits per heavy atom. The number of quaternary nitrogens is 1. The number of alkyl halides is 2. The Bertz CT molecular complexity index is 1050. The van der Waals surface area contributed by atoms with Crippen LogP contribution in [0.3, 0.4) is 0 Å². The number of amides is 1. The third-order valence-corrected chi connectivity index (χ3v) is 8.72. The van der Waals surface area contributed by atoms with Crippen LogP contribution in [0.5, 0.6) is 0 Å². The van der Waals surface area contributed by atoms with E-state index in [1.54, 1.807) is 22.9 Å². The number of aromatic nitrogens is 1. The number of thiophene rings is 1. The van der Waals surface area contributed by atoms with E-state index in [0.717, 1.165) is 0 Å². The number of carbonyl (C=O) groups excluding carboxylic acids is 2. The van der Waals surface area contributed by atoms with Crippen molar-refractivity contribution < 1.29 is 54.2 Å². The van der Waals surface area contributed by atoms with E-state index in [2.05, 4.69) is 5.16 Å². The van der Waals surface area contributed by atoms with Gasteiger partial charge in [0.2, 0.25) is 12.0 Å². The average molecular weight is 576 g/mol. The van der Waals surface area contributed by atoms with Gasteiger partial charge in [0.25, 0.3) is 5.91 Å². The lowest BCUT2D eigenvalue weighted by atomic mass is 9.79. The molecule has 3 saturated heterocycles. The summed E-state index contributed by atoms with van der Waals surface area (Å²) in [7, 11) is 0. The van der Waals surface area contributed by atoms with Crippen LogP contribution in [0.25, 0.3) is 0 Å². The zero-order chi connectivity index (χ0) is 24.1. The fraction of sp³-hybridized carbons (Fsp3) is 0.609. The van der Waals surface area contributed by atoms with E-state index in [9.17, 15) is 23.5 Å². The fourth-order valence-corrected chi connectivity index (χ4v) is 6.96. The van der Waals surface area contributed by atoms with Crippen LogP contribution < -0.4 is 22.7 Å². The maximum atomic E-state index is 14.0. The summed E-state index contributed by atoms with van der Waals surface area (Å²) in [6, 6.07) is 2.45. The summed E-state index contributed by atoms with van der Waals surface area (Å²) < 4.78 is 39.2. The van der Waals surface area contributed by atoms with E-state index >= 15 is 0 Å². The third-order valence-electron chi connectivity index (χ3n) is 8.04. The molecule has 2 bridgehead atoms. The Morgan fingerprint density at radius 1 is 1.31 bits per heavy atom. The van der Waals surface area contributed by atoms with Gasteiger partial charge < -0.3 is 41.6 Å². The normalized spacial score (nSPS) is 31.8. The van der Waals surface area contributed by atoms with Crippen LogP contribution in [-0.2, 0) is 19.9 Å². The van der Waals surface area contributed by atoms with Gasteiger partial charge in [-0.2, -0.15) is 11.3 Å². The van der Waals surface area contributed by atoms with Gasteiger partial charge in [-0.25, -0.2) is 13.6 Å². The second kappa shape index (κ2) is 9.53. The van der Waals surface area contributed by atoms with E-state index in [1.807, 2.05) is 0 Å². The van der Waals surface area contributed by atoms with Gasteiger partial charge in [0.1, 0.15) is 12.8 Å². The Kier molecular flexibility index (Phi) is 7.13. The topological polar surface area (TPSA) is 116 Å². The summed E-state index contributed by atoms with van der Waals surface area (Å²) in [5.41, 5.74) is 4.34. The van der Waals surface area contributed by atoms with E-state index in [0.29, 0.717) is 38.2 Å². The van der Waals surface area contributed by atoms with Crippen molar-refractivity contribution in [3.63, 3.8) is 0 Å². The van der Waals surface area contributed by atoms with Gasteiger partial charge in [-0.1, -0.05) is 5.16 Å². The lowest BCUT2D eigenvalue weighted by molar-refractivity contribution is -0.965. The lowest BCUT2D eigenvalue weighted by Crippen LogP contribution is -3.00. The van der Waals surface area contributed by atoms with E-state index in [1.165, 1.54) is 17.6 Å². The highest BCUT2D eigenvalue weighted by Crippen LogP contribution is 2.49. The molecule has 4 atom stereocenters. The molecule has 2 aromatic heterocycles. The predicted molar refractivity (Wildman–Crippen MR) is 116 cm³/mol. The van der Waals surface area contributed by atoms with E-state index in [4.69, 9.17) is 15.0 Å². The summed E-state index contributed by atoms with van der Waals surface area (Å²) in [5.74, 6) is -5.25. The fourth-order valence-electron chi connectivity index (χ4n) is 6.26. The molecule has 5 heterocycles. The van der Waals surface area contributed by atoms with Crippen LogP contribution >= 0.6 is 11.3 Å². The van der Waals surface area contributed by atoms with Gasteiger partial charge in [0.15, 0.2) is 17.4 Å². The quantitative estimate of drug-likeness (QED) is 0.347. The van der Waals surface area contributed by atoms with Crippen LogP contribution in [0.4, 0.5) is 8.78 Å². The highest BCUT2D eigenvalue weighted by Gasteiger charge is 2.58. The second-order valence-electron chi connectivity index (χ2n) is 9.93. The Labute approximate surface area is 215 Å². The van der Waals surface area contributed by atoms with Crippen molar-refractivity contribution >= 4 is 23.2 Å². The zero-order valence-electron chi connectivity index (χ0n) is 18.9. The summed E-state index contributed by atoms with van der Waals surface area (Å²) in [5, 5.41) is 18.8. The summed E-state index contributed by atoms with van der Waals surface area (Å²) in [4.78, 5) is 26.0. The number of ether oxygens (including phenoxy) is 1. The van der Waals surface area contributed by atoms with Crippen LogP contribution in [0.15, 0.2) is 33.7 Å². The number of piperidine rings is 3. The first-order chi connectivity index (χ1) is 16.1. The molecular formula is C23H28BrF2N3O5S. The van der Waals surface area contributed by atoms with Crippen molar-refractivity contribution in [2.75, 3.05) is 19.6 Å². The maximum absolute atomic E-state index is 14.0. The highest BCUT2D eigenvalue weighted by molar-refractivity contribution is 7.08. The van der Waals surface area contributed by atoms with E-state index in [-0.39, 0.29) is 45.8 Å². The molecule has 12 heteroatoms. The van der Waals surface area contributed by atoms with Crippen molar-refractivity contribution in [2.24, 2.45) is 17.6 Å². The molecule has 0 radical (unpaired) electrons. The molecular weight excluding hydrogens is 548 g/mol. The number of nitrogens with two attached hydrogens (primary N) is 1. The number of carbonyl (C=O) groups is 2. The largest absolute Gasteiger partial charge is 1.00 e. The van der Waals surface area contributed by atoms with Gasteiger partial charge in [-0.05, 0) is 23.2 Å². The van der Waals surface area contributed by atoms with Gasteiger partial charge in [0, 0.05) is 49.1 Å². The van der Waals surface area contributed by atoms with Crippen LogP contribution in [0, 0.1) is 11.8 Å². The standard InChI is InChI=1S/C23H27F2N3O5S.BrH/c24-22(25)6-1-15(11-22)23(31,16-5-10-34-13-16)21(30)33-18-12-28(7-2-14(18)3-8-28)19(20(26)29)17-4-9-32-27-17;/h4-5,9-10,13-15,18-19,31H,1-3,6-8,11-12H2,(H-,26,29);1H/t14?,15?,18-,19?,23?,28?;/m0./s1. The van der Waals surface area contributed by atoms with Crippen LogP contribution in [0.2, 0.25) is 0 Å². The molecule has 6 rings (SSSR count). The van der Waals surface area contributed by atoms with Crippen molar-refractivity contribution in [1.82, 2.24) is 5.16 Å². The molecule has 192 valence electrons. The highest BCUT2D eigenvalue weighted by atomic mass is 79.9. The Balaban J connectivity index is 0.00000289. The van der Waals surface area contributed by atoms with Gasteiger partial charge in [0.05, 0.1) is 13.1 Å². The first-order valence-electron chi connectivity index (χ1n) is 11.5. The lowest BCUT2D eigenvalue weighted by Gasteiger charge is -2.54. The average Bonchev–Trinajstić information content (AvgIpc) is 3.56. The number of esters is 1. The molecule has 1 saturated carbocycles. The minimum absolute atomic E-state index is 0. The summed E-state index contributed by atoms with van der Waals surface area (Å²) >= 11 is 1.28. The Hall–Kier alpha value is -1.89. The van der Waals surface area contributed by atoms with Crippen molar-refractivity contribution in [3.8, 4) is 0 Å². The smallest absolute Gasteiger partial charge is 0.343 e. The second-order valence-corrected chi connectivity index (χ2v) is 10.7. The first-order valence-corrected chi connectivity index (χ1v) is 12.5.